The van der Waals surface area contributed by atoms with Crippen LogP contribution < -0.4 is 0 Å². The summed E-state index contributed by atoms with van der Waals surface area (Å²) in [5, 5.41) is 22.8. The number of nitriles is 1. The van der Waals surface area contributed by atoms with Crippen LogP contribution in [0.15, 0.2) is 36.4 Å². The molecule has 2 aromatic rings. The molecular formula is C33H43N5. The second-order valence-electron chi connectivity index (χ2n) is 13.5. The van der Waals surface area contributed by atoms with Gasteiger partial charge in [0, 0.05) is 5.41 Å². The second kappa shape index (κ2) is 9.18. The van der Waals surface area contributed by atoms with Crippen molar-refractivity contribution >= 4 is 11.2 Å². The van der Waals surface area contributed by atoms with Gasteiger partial charge in [-0.15, -0.1) is 5.10 Å². The van der Waals surface area contributed by atoms with Crippen LogP contribution in [0, 0.1) is 57.7 Å². The molecule has 0 amide bonds. The van der Waals surface area contributed by atoms with Crippen molar-refractivity contribution in [2.24, 2.45) is 46.3 Å². The summed E-state index contributed by atoms with van der Waals surface area (Å²) in [5.41, 5.74) is 5.37. The lowest BCUT2D eigenvalue weighted by Gasteiger charge is -2.58. The summed E-state index contributed by atoms with van der Waals surface area (Å²) in [7, 11) is 0. The van der Waals surface area contributed by atoms with Gasteiger partial charge in [0.05, 0.1) is 11.3 Å². The van der Waals surface area contributed by atoms with Crippen LogP contribution in [0.5, 0.6) is 0 Å². The minimum atomic E-state index is 0.0655. The molecule has 2 fully saturated rings. The quantitative estimate of drug-likeness (QED) is 0.386. The standard InChI is InChI=1S/C33H43N5/c1-7-22(20(2)3)12-11-21(4)25-13-14-26-29-24-18-23(19-34)31-35-36-37-38(31)30(24)28-10-8-9-16-32(28,5)27(29)15-17-33(25,26)6/h8-12,18,20-22,25-27,29H,7,13-17H2,1-6H3/t21-,22-,25-,26+,27+,29+,32-,33-/m1/s1. The highest BCUT2D eigenvalue weighted by molar-refractivity contribution is 5.78. The zero-order valence-corrected chi connectivity index (χ0v) is 24.0. The largest absolute Gasteiger partial charge is 0.197 e. The highest BCUT2D eigenvalue weighted by atomic mass is 15.5. The first-order valence-corrected chi connectivity index (χ1v) is 15.0. The van der Waals surface area contributed by atoms with E-state index in [9.17, 15) is 5.26 Å². The maximum Gasteiger partial charge on any atom is 0.197 e. The van der Waals surface area contributed by atoms with Crippen molar-refractivity contribution in [1.82, 2.24) is 20.0 Å². The van der Waals surface area contributed by atoms with Crippen molar-refractivity contribution in [3.8, 4) is 6.07 Å². The van der Waals surface area contributed by atoms with E-state index in [0.717, 1.165) is 12.1 Å². The Morgan fingerprint density at radius 1 is 1.16 bits per heavy atom. The molecule has 0 unspecified atom stereocenters. The molecule has 0 aromatic carbocycles. The van der Waals surface area contributed by atoms with E-state index in [1.54, 1.807) is 0 Å². The molecule has 6 rings (SSSR count). The van der Waals surface area contributed by atoms with E-state index in [-0.39, 0.29) is 5.41 Å². The van der Waals surface area contributed by atoms with Crippen LogP contribution in [-0.4, -0.2) is 20.0 Å². The van der Waals surface area contributed by atoms with E-state index < -0.39 is 0 Å². The first-order chi connectivity index (χ1) is 18.2. The molecule has 0 radical (unpaired) electrons. The van der Waals surface area contributed by atoms with Crippen molar-refractivity contribution in [3.05, 3.63) is 53.3 Å². The third-order valence-electron chi connectivity index (χ3n) is 11.6. The molecule has 2 heterocycles. The fraction of sp³-hybridized carbons (Fsp3) is 0.636. The topological polar surface area (TPSA) is 66.9 Å². The lowest BCUT2D eigenvalue weighted by molar-refractivity contribution is 0.000480. The third kappa shape index (κ3) is 3.51. The molecule has 0 spiro atoms. The van der Waals surface area contributed by atoms with Crippen LogP contribution in [0.25, 0.3) is 11.2 Å². The molecule has 0 aliphatic heterocycles. The third-order valence-corrected chi connectivity index (χ3v) is 11.6. The van der Waals surface area contributed by atoms with Gasteiger partial charge in [0.15, 0.2) is 5.65 Å². The molecule has 2 aromatic heterocycles. The molecular weight excluding hydrogens is 466 g/mol. The molecule has 8 atom stereocenters. The fourth-order valence-corrected chi connectivity index (χ4v) is 9.47. The zero-order valence-electron chi connectivity index (χ0n) is 24.0. The molecule has 38 heavy (non-hydrogen) atoms. The van der Waals surface area contributed by atoms with Crippen molar-refractivity contribution in [1.29, 1.82) is 5.26 Å². The highest BCUT2D eigenvalue weighted by Crippen LogP contribution is 2.70. The number of hydrogen-bond donors (Lipinski definition) is 0. The molecule has 0 bridgehead atoms. The number of pyridine rings is 1. The summed E-state index contributed by atoms with van der Waals surface area (Å²) < 4.78 is 1.88. The first-order valence-electron chi connectivity index (χ1n) is 15.0. The van der Waals surface area contributed by atoms with Crippen LogP contribution >= 0.6 is 0 Å². The second-order valence-corrected chi connectivity index (χ2v) is 13.5. The van der Waals surface area contributed by atoms with E-state index in [2.05, 4.69) is 99.6 Å². The average Bonchev–Trinajstić information content (AvgIpc) is 3.52. The van der Waals surface area contributed by atoms with Crippen LogP contribution in [0.4, 0.5) is 0 Å². The van der Waals surface area contributed by atoms with Gasteiger partial charge >= 0.3 is 0 Å². The lowest BCUT2D eigenvalue weighted by Crippen LogP contribution is -2.49. The Kier molecular flexibility index (Phi) is 6.17. The fourth-order valence-electron chi connectivity index (χ4n) is 9.47. The van der Waals surface area contributed by atoms with Gasteiger partial charge in [0.2, 0.25) is 0 Å². The monoisotopic (exact) mass is 509 g/mol. The Hall–Kier alpha value is -2.74. The van der Waals surface area contributed by atoms with Crippen LogP contribution in [0.2, 0.25) is 0 Å². The molecule has 0 N–H and O–H groups in total. The summed E-state index contributed by atoms with van der Waals surface area (Å²) >= 11 is 0. The Morgan fingerprint density at radius 3 is 2.71 bits per heavy atom. The van der Waals surface area contributed by atoms with Crippen molar-refractivity contribution in [2.75, 3.05) is 0 Å². The minimum absolute atomic E-state index is 0.0655. The summed E-state index contributed by atoms with van der Waals surface area (Å²) in [4.78, 5) is 0. The maximum absolute atomic E-state index is 10.1. The summed E-state index contributed by atoms with van der Waals surface area (Å²) in [5.74, 6) is 4.24. The molecule has 5 heteroatoms. The summed E-state index contributed by atoms with van der Waals surface area (Å²) in [6.45, 7) is 14.6. The average molecular weight is 510 g/mol. The number of tetrazole rings is 1. The van der Waals surface area contributed by atoms with Gasteiger partial charge in [-0.2, -0.15) is 9.78 Å². The first kappa shape index (κ1) is 25.5. The predicted octanol–water partition coefficient (Wildman–Crippen LogP) is 7.76. The highest BCUT2D eigenvalue weighted by Gasteiger charge is 2.61. The van der Waals surface area contributed by atoms with E-state index in [0.29, 0.717) is 58.1 Å². The van der Waals surface area contributed by atoms with Crippen molar-refractivity contribution in [3.63, 3.8) is 0 Å². The maximum atomic E-state index is 10.1. The Morgan fingerprint density at radius 2 is 1.97 bits per heavy atom. The van der Waals surface area contributed by atoms with Gasteiger partial charge in [0.25, 0.3) is 0 Å². The van der Waals surface area contributed by atoms with Gasteiger partial charge in [0.1, 0.15) is 6.07 Å². The van der Waals surface area contributed by atoms with Crippen molar-refractivity contribution < 1.29 is 0 Å². The Labute approximate surface area is 228 Å². The zero-order chi connectivity index (χ0) is 26.8. The van der Waals surface area contributed by atoms with E-state index >= 15 is 0 Å². The number of hydrogen-bond acceptors (Lipinski definition) is 4. The van der Waals surface area contributed by atoms with E-state index in [4.69, 9.17) is 0 Å². The minimum Gasteiger partial charge on any atom is -0.192 e. The SMILES string of the molecule is CC[C@H](C=C[C@@H](C)[C@H]1CC[C@H]2[C@@H]3c4cc(C#N)c5nnnn5c4C4=CC=CC[C@]4(C)[C@H]3CC[C@]12C)C(C)C. The van der Waals surface area contributed by atoms with E-state index in [1.807, 2.05) is 4.52 Å². The van der Waals surface area contributed by atoms with Gasteiger partial charge in [-0.3, -0.25) is 0 Å². The van der Waals surface area contributed by atoms with Gasteiger partial charge in [-0.1, -0.05) is 71.9 Å². The lowest BCUT2D eigenvalue weighted by atomic mass is 9.46. The van der Waals surface area contributed by atoms with Gasteiger partial charge < -0.3 is 0 Å². The predicted molar refractivity (Wildman–Crippen MR) is 152 cm³/mol. The molecule has 4 aliphatic carbocycles. The normalized spacial score (nSPS) is 35.4. The van der Waals surface area contributed by atoms with Crippen LogP contribution in [-0.2, 0) is 0 Å². The number of rotatable bonds is 5. The molecule has 0 saturated heterocycles. The smallest absolute Gasteiger partial charge is 0.192 e. The van der Waals surface area contributed by atoms with Gasteiger partial charge in [-0.05, 0) is 113 Å². The van der Waals surface area contributed by atoms with E-state index in [1.165, 1.54) is 43.2 Å². The summed E-state index contributed by atoms with van der Waals surface area (Å²) in [6, 6.07) is 4.58. The summed E-state index contributed by atoms with van der Waals surface area (Å²) in [6.07, 6.45) is 19.3. The molecule has 5 nitrogen and oxygen atoms in total. The Balaban J connectivity index is 1.45. The number of fused-ring (bicyclic) bond motifs is 10. The number of allylic oxidation sites excluding steroid dienone is 6. The Bertz CT molecular complexity index is 1370. The van der Waals surface area contributed by atoms with Crippen molar-refractivity contribution in [2.45, 2.75) is 86.0 Å². The van der Waals surface area contributed by atoms with Crippen LogP contribution in [0.1, 0.15) is 103 Å². The molecule has 4 aliphatic rings. The van der Waals surface area contributed by atoms with Gasteiger partial charge in [-0.25, -0.2) is 0 Å². The molecule has 200 valence electrons. The molecule has 2 saturated carbocycles. The number of aromatic nitrogens is 4. The van der Waals surface area contributed by atoms with Crippen LogP contribution in [0.3, 0.4) is 0 Å². The number of nitrogens with zero attached hydrogens (tertiary/aromatic N) is 5.